The van der Waals surface area contributed by atoms with Crippen molar-refractivity contribution < 1.29 is 9.59 Å². The number of imide groups is 1. The Kier molecular flexibility index (Phi) is 4.00. The molecule has 19 heavy (non-hydrogen) atoms. The SMILES string of the molecule is CCNC(C)c1ccccc1N1C(=O)CC(C)C1=O. The van der Waals surface area contributed by atoms with Gasteiger partial charge < -0.3 is 5.32 Å². The van der Waals surface area contributed by atoms with Crippen molar-refractivity contribution in [2.75, 3.05) is 11.4 Å². The Bertz CT molecular complexity index is 499. The van der Waals surface area contributed by atoms with Crippen LogP contribution in [0.15, 0.2) is 24.3 Å². The van der Waals surface area contributed by atoms with E-state index < -0.39 is 0 Å². The topological polar surface area (TPSA) is 49.4 Å². The van der Waals surface area contributed by atoms with Crippen molar-refractivity contribution in [3.63, 3.8) is 0 Å². The van der Waals surface area contributed by atoms with Crippen molar-refractivity contribution in [3.8, 4) is 0 Å². The third-order valence-corrected chi connectivity index (χ3v) is 3.53. The number of carbonyl (C=O) groups is 2. The van der Waals surface area contributed by atoms with E-state index in [-0.39, 0.29) is 23.8 Å². The molecule has 2 amide bonds. The standard InChI is InChI=1S/C15H20N2O2/c1-4-16-11(3)12-7-5-6-8-13(12)17-14(18)9-10(2)15(17)19/h5-8,10-11,16H,4,9H2,1-3H3. The molecule has 0 radical (unpaired) electrons. The molecule has 2 unspecified atom stereocenters. The Balaban J connectivity index is 2.40. The average molecular weight is 260 g/mol. The highest BCUT2D eigenvalue weighted by Crippen LogP contribution is 2.31. The second-order valence-corrected chi connectivity index (χ2v) is 5.01. The number of nitrogens with zero attached hydrogens (tertiary/aromatic N) is 1. The Hall–Kier alpha value is -1.68. The van der Waals surface area contributed by atoms with Gasteiger partial charge in [-0.1, -0.05) is 32.0 Å². The number of amides is 2. The van der Waals surface area contributed by atoms with Crippen LogP contribution in [0.3, 0.4) is 0 Å². The molecule has 0 spiro atoms. The van der Waals surface area contributed by atoms with E-state index in [0.29, 0.717) is 6.42 Å². The number of nitrogens with one attached hydrogen (secondary N) is 1. The van der Waals surface area contributed by atoms with E-state index in [2.05, 4.69) is 5.32 Å². The average Bonchev–Trinajstić information content (AvgIpc) is 2.63. The van der Waals surface area contributed by atoms with E-state index in [0.717, 1.165) is 17.8 Å². The minimum absolute atomic E-state index is 0.0962. The molecule has 1 heterocycles. The molecule has 102 valence electrons. The zero-order chi connectivity index (χ0) is 14.0. The predicted octanol–water partition coefficient (Wildman–Crippen LogP) is 2.26. The molecule has 0 aromatic heterocycles. The number of para-hydroxylation sites is 1. The van der Waals surface area contributed by atoms with Crippen LogP contribution in [-0.2, 0) is 9.59 Å². The number of hydrogen-bond acceptors (Lipinski definition) is 3. The van der Waals surface area contributed by atoms with Gasteiger partial charge in [0.15, 0.2) is 0 Å². The molecule has 1 fully saturated rings. The van der Waals surface area contributed by atoms with Crippen LogP contribution in [0.25, 0.3) is 0 Å². The first-order valence-electron chi connectivity index (χ1n) is 6.75. The van der Waals surface area contributed by atoms with E-state index in [9.17, 15) is 9.59 Å². The van der Waals surface area contributed by atoms with E-state index in [1.165, 1.54) is 4.90 Å². The first-order chi connectivity index (χ1) is 9.06. The third kappa shape index (κ3) is 2.54. The van der Waals surface area contributed by atoms with E-state index in [1.54, 1.807) is 6.92 Å². The summed E-state index contributed by atoms with van der Waals surface area (Å²) in [6.45, 7) is 6.72. The zero-order valence-corrected chi connectivity index (χ0v) is 11.6. The summed E-state index contributed by atoms with van der Waals surface area (Å²) in [7, 11) is 0. The molecule has 1 saturated heterocycles. The van der Waals surface area contributed by atoms with Gasteiger partial charge in [0.25, 0.3) is 0 Å². The molecule has 4 heteroatoms. The second-order valence-electron chi connectivity index (χ2n) is 5.01. The zero-order valence-electron chi connectivity index (χ0n) is 11.6. The summed E-state index contributed by atoms with van der Waals surface area (Å²) in [5.41, 5.74) is 1.70. The van der Waals surface area contributed by atoms with Gasteiger partial charge in [-0.2, -0.15) is 0 Å². The molecule has 1 aliphatic rings. The van der Waals surface area contributed by atoms with Gasteiger partial charge in [0, 0.05) is 18.4 Å². The quantitative estimate of drug-likeness (QED) is 0.845. The van der Waals surface area contributed by atoms with Crippen LogP contribution in [-0.4, -0.2) is 18.4 Å². The van der Waals surface area contributed by atoms with Gasteiger partial charge in [-0.15, -0.1) is 0 Å². The maximum Gasteiger partial charge on any atom is 0.237 e. The first-order valence-corrected chi connectivity index (χ1v) is 6.75. The lowest BCUT2D eigenvalue weighted by molar-refractivity contribution is -0.122. The fourth-order valence-electron chi connectivity index (χ4n) is 2.51. The molecule has 1 N–H and O–H groups in total. The molecule has 0 saturated carbocycles. The van der Waals surface area contributed by atoms with Gasteiger partial charge in [0.05, 0.1) is 5.69 Å². The maximum absolute atomic E-state index is 12.1. The van der Waals surface area contributed by atoms with Crippen molar-refractivity contribution in [3.05, 3.63) is 29.8 Å². The van der Waals surface area contributed by atoms with Crippen LogP contribution < -0.4 is 10.2 Å². The number of rotatable bonds is 4. The minimum Gasteiger partial charge on any atom is -0.310 e. The largest absolute Gasteiger partial charge is 0.310 e. The number of benzene rings is 1. The Morgan fingerprint density at radius 1 is 1.37 bits per heavy atom. The lowest BCUT2D eigenvalue weighted by atomic mass is 10.0. The molecule has 2 rings (SSSR count). The maximum atomic E-state index is 12.1. The summed E-state index contributed by atoms with van der Waals surface area (Å²) in [6.07, 6.45) is 0.308. The number of anilines is 1. The van der Waals surface area contributed by atoms with Crippen LogP contribution in [0.5, 0.6) is 0 Å². The smallest absolute Gasteiger partial charge is 0.237 e. The van der Waals surface area contributed by atoms with Gasteiger partial charge in [-0.25, -0.2) is 4.90 Å². The summed E-state index contributed by atoms with van der Waals surface area (Å²) >= 11 is 0. The summed E-state index contributed by atoms with van der Waals surface area (Å²) in [4.78, 5) is 25.5. The van der Waals surface area contributed by atoms with Gasteiger partial charge >= 0.3 is 0 Å². The van der Waals surface area contributed by atoms with Gasteiger partial charge in [-0.3, -0.25) is 9.59 Å². The molecule has 4 nitrogen and oxygen atoms in total. The van der Waals surface area contributed by atoms with Gasteiger partial charge in [-0.05, 0) is 25.1 Å². The van der Waals surface area contributed by atoms with Gasteiger partial charge in [0.1, 0.15) is 0 Å². The highest BCUT2D eigenvalue weighted by Gasteiger charge is 2.37. The van der Waals surface area contributed by atoms with Crippen LogP contribution in [0, 0.1) is 5.92 Å². The van der Waals surface area contributed by atoms with Gasteiger partial charge in [0.2, 0.25) is 11.8 Å². The molecule has 1 aromatic carbocycles. The molecule has 1 aromatic rings. The van der Waals surface area contributed by atoms with Crippen LogP contribution in [0.2, 0.25) is 0 Å². The summed E-state index contributed by atoms with van der Waals surface area (Å²) in [5, 5.41) is 3.32. The summed E-state index contributed by atoms with van der Waals surface area (Å²) in [5.74, 6) is -0.412. The minimum atomic E-state index is -0.213. The predicted molar refractivity (Wildman–Crippen MR) is 74.8 cm³/mol. The van der Waals surface area contributed by atoms with Crippen molar-refractivity contribution in [1.82, 2.24) is 5.32 Å². The molecule has 0 bridgehead atoms. The van der Waals surface area contributed by atoms with Crippen molar-refractivity contribution in [2.45, 2.75) is 33.2 Å². The van der Waals surface area contributed by atoms with Crippen LogP contribution in [0.1, 0.15) is 38.8 Å². The summed E-state index contributed by atoms with van der Waals surface area (Å²) in [6, 6.07) is 7.71. The normalized spacial score (nSPS) is 21.0. The fourth-order valence-corrected chi connectivity index (χ4v) is 2.51. The fraction of sp³-hybridized carbons (Fsp3) is 0.467. The molecular formula is C15H20N2O2. The van der Waals surface area contributed by atoms with E-state index >= 15 is 0 Å². The molecular weight excluding hydrogens is 240 g/mol. The third-order valence-electron chi connectivity index (χ3n) is 3.53. The summed E-state index contributed by atoms with van der Waals surface area (Å²) < 4.78 is 0. The Morgan fingerprint density at radius 2 is 2.05 bits per heavy atom. The lowest BCUT2D eigenvalue weighted by Crippen LogP contribution is -2.32. The van der Waals surface area contributed by atoms with Crippen LogP contribution >= 0.6 is 0 Å². The Morgan fingerprint density at radius 3 is 2.63 bits per heavy atom. The van der Waals surface area contributed by atoms with Crippen molar-refractivity contribution in [1.29, 1.82) is 0 Å². The first kappa shape index (κ1) is 13.7. The van der Waals surface area contributed by atoms with E-state index in [1.807, 2.05) is 38.1 Å². The second kappa shape index (κ2) is 5.53. The molecule has 2 atom stereocenters. The van der Waals surface area contributed by atoms with Crippen LogP contribution in [0.4, 0.5) is 5.69 Å². The highest BCUT2D eigenvalue weighted by molar-refractivity contribution is 6.21. The monoisotopic (exact) mass is 260 g/mol. The number of hydrogen-bond donors (Lipinski definition) is 1. The molecule has 0 aliphatic carbocycles. The van der Waals surface area contributed by atoms with Crippen molar-refractivity contribution in [2.24, 2.45) is 5.92 Å². The highest BCUT2D eigenvalue weighted by atomic mass is 16.2. The number of carbonyl (C=O) groups excluding carboxylic acids is 2. The van der Waals surface area contributed by atoms with E-state index in [4.69, 9.17) is 0 Å². The lowest BCUT2D eigenvalue weighted by Gasteiger charge is -2.22. The van der Waals surface area contributed by atoms with Crippen molar-refractivity contribution >= 4 is 17.5 Å². The Labute approximate surface area is 113 Å². The molecule has 1 aliphatic heterocycles.